The second kappa shape index (κ2) is 12.2. The summed E-state index contributed by atoms with van der Waals surface area (Å²) in [4.78, 5) is 48.8. The van der Waals surface area contributed by atoms with Gasteiger partial charge >= 0.3 is 0 Å². The fourth-order valence-corrected chi connectivity index (χ4v) is 5.98. The molecule has 2 unspecified atom stereocenters. The lowest BCUT2D eigenvalue weighted by atomic mass is 9.79. The Morgan fingerprint density at radius 1 is 0.932 bits per heavy atom. The lowest BCUT2D eigenvalue weighted by molar-refractivity contribution is -0.122. The molecule has 0 fully saturated rings. The van der Waals surface area contributed by atoms with Crippen LogP contribution in [-0.2, 0) is 22.6 Å². The lowest BCUT2D eigenvalue weighted by Gasteiger charge is -2.23. The third-order valence-electron chi connectivity index (χ3n) is 8.27. The molecular formula is C36H33N5O3. The highest BCUT2D eigenvalue weighted by Crippen LogP contribution is 2.27. The Labute approximate surface area is 255 Å². The Hall–Kier alpha value is -5.24. The van der Waals surface area contributed by atoms with Gasteiger partial charge in [0.05, 0.1) is 12.5 Å². The van der Waals surface area contributed by atoms with E-state index >= 15 is 0 Å². The number of amides is 1. The summed E-state index contributed by atoms with van der Waals surface area (Å²) in [6, 6.07) is 20.1. The van der Waals surface area contributed by atoms with Crippen molar-refractivity contribution in [2.75, 3.05) is 6.54 Å². The summed E-state index contributed by atoms with van der Waals surface area (Å²) in [6.07, 6.45) is 9.27. The van der Waals surface area contributed by atoms with Crippen LogP contribution < -0.4 is 15.8 Å². The monoisotopic (exact) mass is 583 g/mol. The first-order valence-electron chi connectivity index (χ1n) is 14.8. The second-order valence-electron chi connectivity index (χ2n) is 11.4. The van der Waals surface area contributed by atoms with Gasteiger partial charge in [0.2, 0.25) is 5.91 Å². The van der Waals surface area contributed by atoms with Crippen LogP contribution in [0.25, 0.3) is 34.4 Å². The number of benzene rings is 3. The Kier molecular flexibility index (Phi) is 7.98. The highest BCUT2D eigenvalue weighted by atomic mass is 16.2. The number of aryl methyl sites for hydroxylation is 1. The number of aromatic nitrogens is 4. The number of carbonyl (C=O) groups excluding carboxylic acids is 3. The normalized spacial score (nSPS) is 16.4. The van der Waals surface area contributed by atoms with Crippen LogP contribution in [0.3, 0.4) is 0 Å². The summed E-state index contributed by atoms with van der Waals surface area (Å²) in [5.74, 6) is 0.0311. The van der Waals surface area contributed by atoms with E-state index in [0.717, 1.165) is 44.6 Å². The van der Waals surface area contributed by atoms with Crippen molar-refractivity contribution in [1.29, 1.82) is 0 Å². The van der Waals surface area contributed by atoms with Gasteiger partial charge < -0.3 is 9.88 Å². The van der Waals surface area contributed by atoms with Gasteiger partial charge in [-0.3, -0.25) is 14.4 Å². The molecule has 8 heteroatoms. The van der Waals surface area contributed by atoms with Crippen molar-refractivity contribution in [1.82, 2.24) is 24.8 Å². The minimum atomic E-state index is -0.110. The molecule has 2 heterocycles. The molecule has 0 saturated heterocycles. The van der Waals surface area contributed by atoms with E-state index < -0.39 is 0 Å². The Morgan fingerprint density at radius 2 is 1.75 bits per heavy atom. The van der Waals surface area contributed by atoms with Gasteiger partial charge in [0.25, 0.3) is 0 Å². The van der Waals surface area contributed by atoms with Gasteiger partial charge in [0, 0.05) is 23.9 Å². The Morgan fingerprint density at radius 3 is 2.57 bits per heavy atom. The molecule has 44 heavy (non-hydrogen) atoms. The number of imidazole rings is 1. The third-order valence-corrected chi connectivity index (χ3v) is 8.27. The summed E-state index contributed by atoms with van der Waals surface area (Å²) in [5, 5.41) is 4.95. The van der Waals surface area contributed by atoms with Gasteiger partial charge in [0.15, 0.2) is 11.4 Å². The molecule has 2 aromatic heterocycles. The molecule has 0 spiro atoms. The first kappa shape index (κ1) is 28.9. The predicted octanol–water partition coefficient (Wildman–Crippen LogP) is 3.93. The van der Waals surface area contributed by atoms with Gasteiger partial charge in [-0.15, -0.1) is 0 Å². The molecule has 7 rings (SSSR count). The van der Waals surface area contributed by atoms with Gasteiger partial charge in [0.1, 0.15) is 24.2 Å². The van der Waals surface area contributed by atoms with Crippen molar-refractivity contribution in [3.05, 3.63) is 112 Å². The SMILES string of the molecule is CC1C=c2c(ccc3c2=CC(=O)c2ccccc2-3)C(C)C1=O.Cc1cccc(CCNC(=O)Cn2cnc3ncncc32)c1. The standard InChI is InChI=1S/C20H16O2.C16H17N5O/c1-11-9-17-13(12(2)20(11)22)7-8-15-14-5-3-4-6-16(14)19(21)10-18(15)17;1-12-3-2-4-13(7-12)5-6-18-15(22)9-21-11-20-16-14(21)8-17-10-19-16/h3-12H,1-2H3;2-4,7-8,10-11H,5-6,9H2,1H3,(H,18,22). The maximum Gasteiger partial charge on any atom is 0.240 e. The van der Waals surface area contributed by atoms with Gasteiger partial charge in [-0.05, 0) is 52.1 Å². The zero-order chi connectivity index (χ0) is 30.8. The third kappa shape index (κ3) is 5.71. The molecule has 2 atom stereocenters. The minimum Gasteiger partial charge on any atom is -0.354 e. The average molecular weight is 584 g/mol. The molecule has 0 aliphatic heterocycles. The van der Waals surface area contributed by atoms with Crippen molar-refractivity contribution < 1.29 is 14.4 Å². The first-order valence-corrected chi connectivity index (χ1v) is 14.8. The first-order chi connectivity index (χ1) is 21.3. The van der Waals surface area contributed by atoms with Crippen LogP contribution in [0, 0.1) is 12.8 Å². The molecule has 0 saturated carbocycles. The molecule has 2 aliphatic carbocycles. The molecule has 1 amide bonds. The van der Waals surface area contributed by atoms with E-state index in [-0.39, 0.29) is 35.9 Å². The second-order valence-corrected chi connectivity index (χ2v) is 11.4. The molecule has 0 radical (unpaired) electrons. The highest BCUT2D eigenvalue weighted by molar-refractivity contribution is 6.22. The quantitative estimate of drug-likeness (QED) is 0.336. The number of hydrogen-bond acceptors (Lipinski definition) is 6. The zero-order valence-corrected chi connectivity index (χ0v) is 24.9. The number of hydrogen-bond donors (Lipinski definition) is 1. The number of fused-ring (bicyclic) bond motifs is 6. The number of ketones is 2. The van der Waals surface area contributed by atoms with Crippen molar-refractivity contribution in [2.24, 2.45) is 5.92 Å². The van der Waals surface area contributed by atoms with Crippen LogP contribution in [-0.4, -0.2) is 43.5 Å². The molecule has 8 nitrogen and oxygen atoms in total. The van der Waals surface area contributed by atoms with Gasteiger partial charge in [-0.2, -0.15) is 0 Å². The van der Waals surface area contributed by atoms with Crippen LogP contribution in [0.5, 0.6) is 0 Å². The van der Waals surface area contributed by atoms with Crippen molar-refractivity contribution in [3.8, 4) is 11.1 Å². The van der Waals surface area contributed by atoms with Crippen LogP contribution in [0.4, 0.5) is 0 Å². The summed E-state index contributed by atoms with van der Waals surface area (Å²) in [7, 11) is 0. The molecule has 1 N–H and O–H groups in total. The van der Waals surface area contributed by atoms with E-state index in [9.17, 15) is 14.4 Å². The Bertz CT molecular complexity index is 2040. The highest BCUT2D eigenvalue weighted by Gasteiger charge is 2.27. The number of nitrogens with one attached hydrogen (secondary N) is 1. The fraction of sp³-hybridized carbons (Fsp3) is 0.222. The Balaban J connectivity index is 0.000000156. The smallest absolute Gasteiger partial charge is 0.240 e. The summed E-state index contributed by atoms with van der Waals surface area (Å²) < 4.78 is 1.75. The van der Waals surface area contributed by atoms with E-state index in [1.54, 1.807) is 23.2 Å². The molecular weight excluding hydrogens is 550 g/mol. The van der Waals surface area contributed by atoms with Crippen LogP contribution in [0.15, 0.2) is 79.5 Å². The maximum absolute atomic E-state index is 12.4. The lowest BCUT2D eigenvalue weighted by Crippen LogP contribution is -2.40. The van der Waals surface area contributed by atoms with Crippen LogP contribution >= 0.6 is 0 Å². The van der Waals surface area contributed by atoms with E-state index in [0.29, 0.717) is 12.2 Å². The number of nitrogens with zero attached hydrogens (tertiary/aromatic N) is 4. The zero-order valence-electron chi connectivity index (χ0n) is 24.9. The summed E-state index contributed by atoms with van der Waals surface area (Å²) in [6.45, 7) is 6.78. The van der Waals surface area contributed by atoms with Gasteiger partial charge in [-0.25, -0.2) is 15.0 Å². The van der Waals surface area contributed by atoms with E-state index in [2.05, 4.69) is 45.4 Å². The van der Waals surface area contributed by atoms with Gasteiger partial charge in [-0.1, -0.05) is 86.2 Å². The molecule has 0 bridgehead atoms. The maximum atomic E-state index is 12.4. The molecule has 3 aromatic carbocycles. The van der Waals surface area contributed by atoms with E-state index in [1.807, 2.05) is 62.4 Å². The van der Waals surface area contributed by atoms with Crippen molar-refractivity contribution in [2.45, 2.75) is 39.7 Å². The minimum absolute atomic E-state index is 0.0436. The summed E-state index contributed by atoms with van der Waals surface area (Å²) in [5.41, 5.74) is 7.67. The van der Waals surface area contributed by atoms with Crippen LogP contribution in [0.2, 0.25) is 0 Å². The molecule has 220 valence electrons. The van der Waals surface area contributed by atoms with E-state index in [4.69, 9.17) is 0 Å². The predicted molar refractivity (Wildman–Crippen MR) is 170 cm³/mol. The van der Waals surface area contributed by atoms with Crippen LogP contribution in [0.1, 0.15) is 46.8 Å². The largest absolute Gasteiger partial charge is 0.354 e. The fourth-order valence-electron chi connectivity index (χ4n) is 5.98. The number of Topliss-reactive ketones (excluding diaryl/α,β-unsaturated/α-hetero) is 2. The molecule has 5 aromatic rings. The van der Waals surface area contributed by atoms with Crippen molar-refractivity contribution in [3.63, 3.8) is 0 Å². The topological polar surface area (TPSA) is 107 Å². The van der Waals surface area contributed by atoms with Crippen molar-refractivity contribution >= 4 is 40.8 Å². The average Bonchev–Trinajstić information content (AvgIpc) is 3.43. The number of rotatable bonds is 5. The summed E-state index contributed by atoms with van der Waals surface area (Å²) >= 11 is 0. The molecule has 2 aliphatic rings. The van der Waals surface area contributed by atoms with E-state index in [1.165, 1.54) is 17.5 Å². The number of carbonyl (C=O) groups is 3.